The number of hydrogen-bond acceptors (Lipinski definition) is 4. The van der Waals surface area contributed by atoms with Crippen LogP contribution < -0.4 is 10.1 Å². The molecule has 0 aliphatic carbocycles. The molecule has 2 atom stereocenters. The smallest absolute Gasteiger partial charge is 0.221 e. The number of ether oxygens (including phenoxy) is 1. The molecule has 2 N–H and O–H groups in total. The van der Waals surface area contributed by atoms with Crippen molar-refractivity contribution in [1.82, 2.24) is 10.3 Å². The number of fused-ring (bicyclic) bond motifs is 1. The number of hydrogen-bond donors (Lipinski definition) is 2. The third-order valence-corrected chi connectivity index (χ3v) is 7.25. The van der Waals surface area contributed by atoms with Crippen molar-refractivity contribution in [3.05, 3.63) is 65.9 Å². The van der Waals surface area contributed by atoms with Crippen molar-refractivity contribution in [3.63, 3.8) is 0 Å². The van der Waals surface area contributed by atoms with Crippen LogP contribution in [0.3, 0.4) is 0 Å². The van der Waals surface area contributed by atoms with Gasteiger partial charge in [-0.25, -0.2) is 8.42 Å². The van der Waals surface area contributed by atoms with Gasteiger partial charge in [-0.3, -0.25) is 4.79 Å². The zero-order valence-electron chi connectivity index (χ0n) is 16.2. The summed E-state index contributed by atoms with van der Waals surface area (Å²) in [5.74, 6) is 0.585. The maximum atomic E-state index is 12.8. The Morgan fingerprint density at radius 2 is 2.00 bits per heavy atom. The van der Waals surface area contributed by atoms with Crippen LogP contribution in [0.4, 0.5) is 0 Å². The van der Waals surface area contributed by atoms with Crippen LogP contribution in [0.15, 0.2) is 54.7 Å². The predicted octanol–water partition coefficient (Wildman–Crippen LogP) is 3.00. The molecule has 4 rings (SSSR count). The average molecular weight is 413 g/mol. The molecule has 2 aromatic carbocycles. The Labute approximate surface area is 170 Å². The summed E-state index contributed by atoms with van der Waals surface area (Å²) in [6, 6.07) is 15.4. The van der Waals surface area contributed by atoms with Crippen molar-refractivity contribution >= 4 is 26.6 Å². The summed E-state index contributed by atoms with van der Waals surface area (Å²) >= 11 is 0. The first-order chi connectivity index (χ1) is 14.0. The monoisotopic (exact) mass is 412 g/mol. The number of amides is 1. The van der Waals surface area contributed by atoms with E-state index in [0.717, 1.165) is 27.8 Å². The van der Waals surface area contributed by atoms with Gasteiger partial charge < -0.3 is 15.0 Å². The summed E-state index contributed by atoms with van der Waals surface area (Å²) in [5.41, 5.74) is 2.95. The fourth-order valence-corrected chi connectivity index (χ4v) is 5.77. The van der Waals surface area contributed by atoms with E-state index in [1.54, 1.807) is 7.11 Å². The maximum Gasteiger partial charge on any atom is 0.221 e. The Balaban J connectivity index is 1.66. The first kappa shape index (κ1) is 19.5. The van der Waals surface area contributed by atoms with Gasteiger partial charge in [0, 0.05) is 35.5 Å². The minimum Gasteiger partial charge on any atom is -0.496 e. The third-order valence-electron chi connectivity index (χ3n) is 5.48. The van der Waals surface area contributed by atoms with E-state index in [1.807, 2.05) is 54.7 Å². The largest absolute Gasteiger partial charge is 0.496 e. The Bertz CT molecular complexity index is 1120. The fraction of sp³-hybridized carbons (Fsp3) is 0.318. The number of H-pyrrole nitrogens is 1. The lowest BCUT2D eigenvalue weighted by Gasteiger charge is -2.19. The molecular formula is C22H24N2O4S. The Hall–Kier alpha value is -2.80. The van der Waals surface area contributed by atoms with Crippen molar-refractivity contribution in [2.75, 3.05) is 18.6 Å². The highest BCUT2D eigenvalue weighted by Crippen LogP contribution is 2.37. The van der Waals surface area contributed by atoms with Crippen LogP contribution >= 0.6 is 0 Å². The zero-order chi connectivity index (χ0) is 20.4. The maximum absolute atomic E-state index is 12.8. The second kappa shape index (κ2) is 7.91. The van der Waals surface area contributed by atoms with Crippen LogP contribution in [0.1, 0.15) is 29.9 Å². The molecule has 0 unspecified atom stereocenters. The SMILES string of the molecule is COc1cccc2[nH]cc([C@H](CC(=O)N[C@@H]3CCS(=O)(=O)C3)c3ccccc3)c12. The van der Waals surface area contributed by atoms with Gasteiger partial charge in [0.2, 0.25) is 5.91 Å². The number of aromatic nitrogens is 1. The van der Waals surface area contributed by atoms with Crippen LogP contribution in [0.25, 0.3) is 10.9 Å². The van der Waals surface area contributed by atoms with E-state index >= 15 is 0 Å². The van der Waals surface area contributed by atoms with Gasteiger partial charge in [0.25, 0.3) is 0 Å². The highest BCUT2D eigenvalue weighted by atomic mass is 32.2. The molecule has 3 aromatic rings. The lowest BCUT2D eigenvalue weighted by atomic mass is 9.87. The molecule has 29 heavy (non-hydrogen) atoms. The number of methoxy groups -OCH3 is 1. The van der Waals surface area contributed by atoms with Crippen LogP contribution in [0.2, 0.25) is 0 Å². The van der Waals surface area contributed by atoms with Gasteiger partial charge in [0.05, 0.1) is 18.6 Å². The van der Waals surface area contributed by atoms with Crippen molar-refractivity contribution in [2.24, 2.45) is 0 Å². The minimum atomic E-state index is -3.04. The summed E-state index contributed by atoms with van der Waals surface area (Å²) in [6.07, 6.45) is 2.63. The number of carbonyl (C=O) groups excluding carboxylic acids is 1. The number of benzene rings is 2. The normalized spacial score (nSPS) is 19.1. The van der Waals surface area contributed by atoms with Gasteiger partial charge in [-0.2, -0.15) is 0 Å². The van der Waals surface area contributed by atoms with Gasteiger partial charge in [0.1, 0.15) is 5.75 Å². The summed E-state index contributed by atoms with van der Waals surface area (Å²) in [7, 11) is -1.40. The molecule has 1 aliphatic heterocycles. The molecule has 0 spiro atoms. The van der Waals surface area contributed by atoms with Gasteiger partial charge in [0.15, 0.2) is 9.84 Å². The van der Waals surface area contributed by atoms with E-state index in [-0.39, 0.29) is 35.8 Å². The van der Waals surface area contributed by atoms with E-state index in [9.17, 15) is 13.2 Å². The molecule has 0 saturated carbocycles. The summed E-state index contributed by atoms with van der Waals surface area (Å²) < 4.78 is 29.0. The van der Waals surface area contributed by atoms with E-state index in [4.69, 9.17) is 4.74 Å². The lowest BCUT2D eigenvalue weighted by molar-refractivity contribution is -0.121. The Kier molecular flexibility index (Phi) is 5.32. The molecular weight excluding hydrogens is 388 g/mol. The minimum absolute atomic E-state index is 0.0235. The standard InChI is InChI=1S/C22H24N2O4S/c1-28-20-9-5-8-19-22(20)18(13-23-19)17(15-6-3-2-4-7-15)12-21(25)24-16-10-11-29(26,27)14-16/h2-9,13,16-17,23H,10-12,14H2,1H3,(H,24,25)/t16-,17-/m1/s1. The van der Waals surface area contributed by atoms with Crippen LogP contribution in [0.5, 0.6) is 5.75 Å². The van der Waals surface area contributed by atoms with Gasteiger partial charge in [-0.1, -0.05) is 36.4 Å². The van der Waals surface area contributed by atoms with Gasteiger partial charge in [-0.15, -0.1) is 0 Å². The zero-order valence-corrected chi connectivity index (χ0v) is 17.0. The number of aromatic amines is 1. The van der Waals surface area contributed by atoms with E-state index in [2.05, 4.69) is 10.3 Å². The summed E-state index contributed by atoms with van der Waals surface area (Å²) in [4.78, 5) is 16.1. The summed E-state index contributed by atoms with van der Waals surface area (Å²) in [6.45, 7) is 0. The number of rotatable bonds is 6. The van der Waals surface area contributed by atoms with Gasteiger partial charge in [-0.05, 0) is 29.7 Å². The number of nitrogens with one attached hydrogen (secondary N) is 2. The number of carbonyl (C=O) groups is 1. The molecule has 152 valence electrons. The molecule has 7 heteroatoms. The quantitative estimate of drug-likeness (QED) is 0.651. The van der Waals surface area contributed by atoms with Crippen molar-refractivity contribution in [1.29, 1.82) is 0 Å². The molecule has 1 saturated heterocycles. The molecule has 1 fully saturated rings. The Morgan fingerprint density at radius 3 is 2.69 bits per heavy atom. The van der Waals surface area contributed by atoms with Crippen molar-refractivity contribution < 1.29 is 17.9 Å². The van der Waals surface area contributed by atoms with Gasteiger partial charge >= 0.3 is 0 Å². The van der Waals surface area contributed by atoms with Crippen molar-refractivity contribution in [2.45, 2.75) is 24.8 Å². The molecule has 1 aromatic heterocycles. The first-order valence-electron chi connectivity index (χ1n) is 9.65. The molecule has 0 bridgehead atoms. The van der Waals surface area contributed by atoms with Crippen molar-refractivity contribution in [3.8, 4) is 5.75 Å². The highest BCUT2D eigenvalue weighted by molar-refractivity contribution is 7.91. The average Bonchev–Trinajstić information content (AvgIpc) is 3.29. The van der Waals surface area contributed by atoms with E-state index in [0.29, 0.717) is 6.42 Å². The molecule has 0 radical (unpaired) electrons. The van der Waals surface area contributed by atoms with Crippen LogP contribution in [-0.4, -0.2) is 44.0 Å². The molecule has 1 aliphatic rings. The third kappa shape index (κ3) is 4.15. The molecule has 2 heterocycles. The van der Waals surface area contributed by atoms with E-state index in [1.165, 1.54) is 0 Å². The first-order valence-corrected chi connectivity index (χ1v) is 11.5. The highest BCUT2D eigenvalue weighted by Gasteiger charge is 2.30. The topological polar surface area (TPSA) is 88.3 Å². The number of sulfone groups is 1. The van der Waals surface area contributed by atoms with Crippen LogP contribution in [0, 0.1) is 0 Å². The Morgan fingerprint density at radius 1 is 1.21 bits per heavy atom. The second-order valence-corrected chi connectivity index (χ2v) is 9.69. The van der Waals surface area contributed by atoms with E-state index < -0.39 is 9.84 Å². The lowest BCUT2D eigenvalue weighted by Crippen LogP contribution is -2.36. The molecule has 1 amide bonds. The second-order valence-electron chi connectivity index (χ2n) is 7.46. The predicted molar refractivity (Wildman–Crippen MR) is 113 cm³/mol. The fourth-order valence-electron chi connectivity index (χ4n) is 4.10. The summed E-state index contributed by atoms with van der Waals surface area (Å²) in [5, 5.41) is 3.87. The molecule has 6 nitrogen and oxygen atoms in total. The van der Waals surface area contributed by atoms with Crippen LogP contribution in [-0.2, 0) is 14.6 Å².